The van der Waals surface area contributed by atoms with Gasteiger partial charge in [-0.2, -0.15) is 10.2 Å². The van der Waals surface area contributed by atoms with Gasteiger partial charge in [0.25, 0.3) is 5.91 Å². The van der Waals surface area contributed by atoms with Crippen LogP contribution in [0.1, 0.15) is 21.5 Å². The summed E-state index contributed by atoms with van der Waals surface area (Å²) in [7, 11) is 0. The van der Waals surface area contributed by atoms with Crippen LogP contribution in [0.25, 0.3) is 0 Å². The molecule has 0 aliphatic rings. The number of nitrogens with two attached hydrogens (primary N) is 1. The summed E-state index contributed by atoms with van der Waals surface area (Å²) in [6.45, 7) is 0.295. The van der Waals surface area contributed by atoms with Crippen molar-refractivity contribution in [3.8, 4) is 11.8 Å². The molecular weight excluding hydrogens is 271 g/mol. The molecule has 0 aliphatic carbocycles. The lowest BCUT2D eigenvalue weighted by molar-refractivity contribution is 0.0950. The molecule has 0 radical (unpaired) electrons. The zero-order chi connectivity index (χ0) is 15.1. The van der Waals surface area contributed by atoms with E-state index in [0.717, 1.165) is 0 Å². The summed E-state index contributed by atoms with van der Waals surface area (Å²) in [6.07, 6.45) is 2.76. The number of amides is 1. The van der Waals surface area contributed by atoms with E-state index >= 15 is 0 Å². The number of halogens is 1. The van der Waals surface area contributed by atoms with Crippen molar-refractivity contribution in [2.45, 2.75) is 6.54 Å². The predicted octanol–water partition coefficient (Wildman–Crippen LogP) is 0.856. The number of hydrogen-bond acceptors (Lipinski definition) is 4. The average molecular weight is 284 g/mol. The quantitative estimate of drug-likeness (QED) is 0.819. The van der Waals surface area contributed by atoms with Gasteiger partial charge in [-0.25, -0.2) is 4.39 Å². The van der Waals surface area contributed by atoms with Gasteiger partial charge in [0, 0.05) is 17.7 Å². The Morgan fingerprint density at radius 1 is 1.33 bits per heavy atom. The van der Waals surface area contributed by atoms with E-state index in [4.69, 9.17) is 5.73 Å². The smallest absolute Gasteiger partial charge is 0.253 e. The molecule has 106 valence electrons. The van der Waals surface area contributed by atoms with Gasteiger partial charge in [0.15, 0.2) is 0 Å². The van der Waals surface area contributed by atoms with Crippen LogP contribution in [-0.2, 0) is 6.54 Å². The summed E-state index contributed by atoms with van der Waals surface area (Å²) in [5.41, 5.74) is 6.66. The number of hydrogen-bond donors (Lipinski definition) is 2. The van der Waals surface area contributed by atoms with E-state index in [9.17, 15) is 9.18 Å². The van der Waals surface area contributed by atoms with E-state index in [-0.39, 0.29) is 19.0 Å². The fourth-order valence-corrected chi connectivity index (χ4v) is 1.64. The normalized spacial score (nSPS) is 9.62. The maximum atomic E-state index is 13.7. The second-order valence-corrected chi connectivity index (χ2v) is 4.13. The number of carbonyl (C=O) groups excluding carboxylic acids is 1. The van der Waals surface area contributed by atoms with E-state index in [1.807, 2.05) is 0 Å². The molecule has 6 heteroatoms. The van der Waals surface area contributed by atoms with Crippen molar-refractivity contribution in [3.63, 3.8) is 0 Å². The maximum absolute atomic E-state index is 13.7. The first-order valence-corrected chi connectivity index (χ1v) is 6.23. The van der Waals surface area contributed by atoms with Crippen LogP contribution >= 0.6 is 0 Å². The molecule has 0 atom stereocenters. The van der Waals surface area contributed by atoms with Gasteiger partial charge in [0.2, 0.25) is 0 Å². The third-order valence-corrected chi connectivity index (χ3v) is 2.67. The van der Waals surface area contributed by atoms with Gasteiger partial charge in [-0.15, -0.1) is 0 Å². The van der Waals surface area contributed by atoms with E-state index in [1.54, 1.807) is 12.1 Å². The summed E-state index contributed by atoms with van der Waals surface area (Å²) < 4.78 is 13.7. The molecule has 2 rings (SSSR count). The first-order chi connectivity index (χ1) is 10.2. The number of nitrogens with one attached hydrogen (secondary N) is 1. The Hall–Kier alpha value is -2.78. The number of carbonyl (C=O) groups is 1. The van der Waals surface area contributed by atoms with E-state index < -0.39 is 5.82 Å². The highest BCUT2D eigenvalue weighted by atomic mass is 19.1. The largest absolute Gasteiger partial charge is 0.348 e. The second kappa shape index (κ2) is 7.12. The minimum absolute atomic E-state index is 0.0606. The lowest BCUT2D eigenvalue weighted by atomic mass is 10.1. The van der Waals surface area contributed by atoms with Crippen LogP contribution in [0.4, 0.5) is 4.39 Å². The van der Waals surface area contributed by atoms with E-state index in [0.29, 0.717) is 16.7 Å². The third-order valence-electron chi connectivity index (χ3n) is 2.67. The highest BCUT2D eigenvalue weighted by Crippen LogP contribution is 2.10. The lowest BCUT2D eigenvalue weighted by Gasteiger charge is -2.06. The molecule has 0 bridgehead atoms. The van der Waals surface area contributed by atoms with Crippen molar-refractivity contribution in [1.29, 1.82) is 0 Å². The molecule has 0 spiro atoms. The molecule has 0 saturated carbocycles. The summed E-state index contributed by atoms with van der Waals surface area (Å²) >= 11 is 0. The second-order valence-electron chi connectivity index (χ2n) is 4.13. The maximum Gasteiger partial charge on any atom is 0.253 e. The molecule has 21 heavy (non-hydrogen) atoms. The standard InChI is InChI=1S/C15H13FN4O/c16-14-4-3-11(2-1-6-17)8-13(14)9-18-15(21)12-5-7-19-20-10-12/h3-5,7-8,10H,6,9,17H2,(H,18,21). The van der Waals surface area contributed by atoms with Crippen molar-refractivity contribution >= 4 is 5.91 Å². The fraction of sp³-hybridized carbons (Fsp3) is 0.133. The predicted molar refractivity (Wildman–Crippen MR) is 75.5 cm³/mol. The number of aromatic nitrogens is 2. The Morgan fingerprint density at radius 3 is 2.90 bits per heavy atom. The number of nitrogens with zero attached hydrogens (tertiary/aromatic N) is 2. The Balaban J connectivity index is 2.07. The molecular formula is C15H13FN4O. The molecule has 2 aromatic rings. The Labute approximate surface area is 121 Å². The molecule has 1 amide bonds. The summed E-state index contributed by atoms with van der Waals surface area (Å²) in [5, 5.41) is 9.82. The monoisotopic (exact) mass is 284 g/mol. The van der Waals surface area contributed by atoms with Crippen molar-refractivity contribution in [2.75, 3.05) is 6.54 Å². The molecule has 1 aromatic carbocycles. The third kappa shape index (κ3) is 4.09. The van der Waals surface area contributed by atoms with Crippen LogP contribution in [0.3, 0.4) is 0 Å². The van der Waals surface area contributed by atoms with Crippen LogP contribution in [0.2, 0.25) is 0 Å². The van der Waals surface area contributed by atoms with Crippen LogP contribution < -0.4 is 11.1 Å². The van der Waals surface area contributed by atoms with Gasteiger partial charge in [0.05, 0.1) is 24.5 Å². The number of rotatable bonds is 3. The summed E-state index contributed by atoms with van der Waals surface area (Å²) in [5.74, 6) is 4.77. The van der Waals surface area contributed by atoms with Crippen LogP contribution in [0.5, 0.6) is 0 Å². The Bertz CT molecular complexity index is 692. The first kappa shape index (κ1) is 14.6. The highest BCUT2D eigenvalue weighted by molar-refractivity contribution is 5.93. The number of benzene rings is 1. The molecule has 3 N–H and O–H groups in total. The van der Waals surface area contributed by atoms with Gasteiger partial charge in [0.1, 0.15) is 5.82 Å². The zero-order valence-electron chi connectivity index (χ0n) is 11.1. The first-order valence-electron chi connectivity index (χ1n) is 6.23. The van der Waals surface area contributed by atoms with Crippen molar-refractivity contribution in [1.82, 2.24) is 15.5 Å². The molecule has 1 aromatic heterocycles. The van der Waals surface area contributed by atoms with E-state index in [1.165, 1.54) is 24.5 Å². The lowest BCUT2D eigenvalue weighted by Crippen LogP contribution is -2.23. The molecule has 0 aliphatic heterocycles. The van der Waals surface area contributed by atoms with Crippen LogP contribution in [0.15, 0.2) is 36.7 Å². The average Bonchev–Trinajstić information content (AvgIpc) is 2.53. The van der Waals surface area contributed by atoms with Crippen LogP contribution in [-0.4, -0.2) is 22.6 Å². The fourth-order valence-electron chi connectivity index (χ4n) is 1.64. The van der Waals surface area contributed by atoms with Crippen molar-refractivity contribution in [2.24, 2.45) is 5.73 Å². The SMILES string of the molecule is NCC#Cc1ccc(F)c(CNC(=O)c2ccnnc2)c1. The minimum atomic E-state index is -0.401. The van der Waals surface area contributed by atoms with Gasteiger partial charge in [-0.1, -0.05) is 11.8 Å². The molecule has 0 fully saturated rings. The summed E-state index contributed by atoms with van der Waals surface area (Å²) in [4.78, 5) is 11.8. The van der Waals surface area contributed by atoms with Gasteiger partial charge in [-0.05, 0) is 24.3 Å². The van der Waals surface area contributed by atoms with Crippen molar-refractivity contribution < 1.29 is 9.18 Å². The molecule has 0 unspecified atom stereocenters. The Morgan fingerprint density at radius 2 is 2.19 bits per heavy atom. The van der Waals surface area contributed by atoms with Crippen molar-refractivity contribution in [3.05, 3.63) is 59.2 Å². The summed E-state index contributed by atoms with van der Waals surface area (Å²) in [6, 6.07) is 6.00. The topological polar surface area (TPSA) is 80.9 Å². The molecule has 1 heterocycles. The zero-order valence-corrected chi connectivity index (χ0v) is 11.1. The molecule has 0 saturated heterocycles. The minimum Gasteiger partial charge on any atom is -0.348 e. The highest BCUT2D eigenvalue weighted by Gasteiger charge is 2.08. The van der Waals surface area contributed by atoms with Gasteiger partial charge >= 0.3 is 0 Å². The van der Waals surface area contributed by atoms with E-state index in [2.05, 4.69) is 27.4 Å². The van der Waals surface area contributed by atoms with Crippen LogP contribution in [0, 0.1) is 17.7 Å². The molecule has 5 nitrogen and oxygen atoms in total. The van der Waals surface area contributed by atoms with Gasteiger partial charge in [-0.3, -0.25) is 4.79 Å². The van der Waals surface area contributed by atoms with Gasteiger partial charge < -0.3 is 11.1 Å². The Kier molecular flexibility index (Phi) is 4.96.